The van der Waals surface area contributed by atoms with Crippen LogP contribution in [0.3, 0.4) is 0 Å². The van der Waals surface area contributed by atoms with Crippen molar-refractivity contribution in [2.24, 2.45) is 0 Å². The largest absolute Gasteiger partial charge is 0.490 e. The van der Waals surface area contributed by atoms with E-state index in [0.29, 0.717) is 11.6 Å². The zero-order chi connectivity index (χ0) is 24.3. The Morgan fingerprint density at radius 2 is 1.79 bits per heavy atom. The molecule has 0 spiro atoms. The van der Waals surface area contributed by atoms with Crippen molar-refractivity contribution in [3.63, 3.8) is 0 Å². The maximum atomic E-state index is 12.7. The van der Waals surface area contributed by atoms with Gasteiger partial charge in [-0.2, -0.15) is 13.2 Å². The highest BCUT2D eigenvalue weighted by molar-refractivity contribution is 7.14. The standard InChI is InChI=1S/C21H15N3O2S.C2HF3O2/c25-20(24-21-23-17(12-27-21)14-7-9-22-10-8-14)18-11-15-6-5-13-3-1-2-4-16(13)19(15)26-18;3-2(4,5)1(6)7/h1-10,12,18H,11H2,(H,23,24,25);(H,6,7). The van der Waals surface area contributed by atoms with E-state index in [0.717, 1.165) is 33.3 Å². The lowest BCUT2D eigenvalue weighted by molar-refractivity contribution is -0.192. The van der Waals surface area contributed by atoms with Crippen LogP contribution in [0.5, 0.6) is 5.75 Å². The summed E-state index contributed by atoms with van der Waals surface area (Å²) in [6.45, 7) is 0. The number of hydrogen-bond donors (Lipinski definition) is 2. The van der Waals surface area contributed by atoms with E-state index >= 15 is 0 Å². The number of hydrogen-bond acceptors (Lipinski definition) is 6. The maximum Gasteiger partial charge on any atom is 0.490 e. The fraction of sp³-hybridized carbons (Fsp3) is 0.130. The topological polar surface area (TPSA) is 101 Å². The molecule has 3 heterocycles. The normalized spacial score (nSPS) is 14.5. The van der Waals surface area contributed by atoms with E-state index < -0.39 is 18.2 Å². The molecule has 0 fully saturated rings. The molecule has 1 amide bonds. The van der Waals surface area contributed by atoms with Gasteiger partial charge in [0.2, 0.25) is 0 Å². The van der Waals surface area contributed by atoms with E-state index in [2.05, 4.69) is 21.4 Å². The molecule has 4 aromatic rings. The van der Waals surface area contributed by atoms with E-state index in [-0.39, 0.29) is 5.91 Å². The van der Waals surface area contributed by atoms with Gasteiger partial charge in [0.1, 0.15) is 5.75 Å². The van der Waals surface area contributed by atoms with Crippen LogP contribution in [0.2, 0.25) is 0 Å². The first-order chi connectivity index (χ1) is 16.2. The van der Waals surface area contributed by atoms with Crippen molar-refractivity contribution in [3.8, 4) is 17.0 Å². The first kappa shape index (κ1) is 23.2. The number of aromatic nitrogens is 2. The van der Waals surface area contributed by atoms with Crippen molar-refractivity contribution in [1.82, 2.24) is 9.97 Å². The van der Waals surface area contributed by atoms with Crippen LogP contribution in [-0.4, -0.2) is 39.2 Å². The molecule has 0 saturated heterocycles. The summed E-state index contributed by atoms with van der Waals surface area (Å²) in [6, 6.07) is 15.9. The number of nitrogens with zero attached hydrogens (tertiary/aromatic N) is 2. The van der Waals surface area contributed by atoms with Crippen LogP contribution in [0.4, 0.5) is 18.3 Å². The fourth-order valence-electron chi connectivity index (χ4n) is 3.29. The zero-order valence-corrected chi connectivity index (χ0v) is 18.1. The van der Waals surface area contributed by atoms with E-state index in [4.69, 9.17) is 14.6 Å². The minimum absolute atomic E-state index is 0.175. The Balaban J connectivity index is 0.000000344. The number of carboxylic acid groups (broad SMARTS) is 1. The predicted octanol–water partition coefficient (Wildman–Crippen LogP) is 4.93. The SMILES string of the molecule is O=C(Nc1nc(-c2ccncc2)cs1)C1Cc2ccc3ccccc3c2O1.O=C(O)C(F)(F)F. The molecule has 2 aromatic heterocycles. The summed E-state index contributed by atoms with van der Waals surface area (Å²) in [5.74, 6) is -2.12. The van der Waals surface area contributed by atoms with E-state index in [1.165, 1.54) is 11.3 Å². The highest BCUT2D eigenvalue weighted by Crippen LogP contribution is 2.36. The minimum atomic E-state index is -5.08. The third kappa shape index (κ3) is 5.15. The van der Waals surface area contributed by atoms with Gasteiger partial charge in [0, 0.05) is 35.1 Å². The molecule has 2 N–H and O–H groups in total. The van der Waals surface area contributed by atoms with Crippen molar-refractivity contribution >= 4 is 39.1 Å². The highest BCUT2D eigenvalue weighted by atomic mass is 32.1. The van der Waals surface area contributed by atoms with Crippen molar-refractivity contribution in [3.05, 3.63) is 71.9 Å². The maximum absolute atomic E-state index is 12.7. The number of benzene rings is 2. The molecule has 7 nitrogen and oxygen atoms in total. The number of nitrogens with one attached hydrogen (secondary N) is 1. The molecule has 5 rings (SSSR count). The van der Waals surface area contributed by atoms with Crippen LogP contribution < -0.4 is 10.1 Å². The smallest absolute Gasteiger partial charge is 0.479 e. The van der Waals surface area contributed by atoms with Gasteiger partial charge in [0.25, 0.3) is 5.91 Å². The van der Waals surface area contributed by atoms with E-state index in [1.807, 2.05) is 47.8 Å². The number of aliphatic carboxylic acids is 1. The molecule has 1 aliphatic rings. The quantitative estimate of drug-likeness (QED) is 0.425. The van der Waals surface area contributed by atoms with E-state index in [9.17, 15) is 18.0 Å². The molecular weight excluding hydrogens is 471 g/mol. The number of rotatable bonds is 3. The molecule has 34 heavy (non-hydrogen) atoms. The average Bonchev–Trinajstić information content (AvgIpc) is 3.47. The number of ether oxygens (including phenoxy) is 1. The van der Waals surface area contributed by atoms with Gasteiger partial charge >= 0.3 is 12.1 Å². The molecule has 11 heteroatoms. The van der Waals surface area contributed by atoms with Crippen LogP contribution in [0, 0.1) is 0 Å². The molecule has 1 atom stereocenters. The molecule has 0 saturated carbocycles. The van der Waals surface area contributed by atoms with Gasteiger partial charge in [-0.05, 0) is 23.1 Å². The summed E-state index contributed by atoms with van der Waals surface area (Å²) < 4.78 is 37.7. The first-order valence-electron chi connectivity index (χ1n) is 9.86. The summed E-state index contributed by atoms with van der Waals surface area (Å²) in [6.07, 6.45) is -1.62. The number of amides is 1. The molecule has 2 aromatic carbocycles. The summed E-state index contributed by atoms with van der Waals surface area (Å²) in [5.41, 5.74) is 2.85. The third-order valence-corrected chi connectivity index (χ3v) is 5.63. The number of thiazole rings is 1. The average molecular weight is 487 g/mol. The Morgan fingerprint density at radius 1 is 1.09 bits per heavy atom. The lowest BCUT2D eigenvalue weighted by atomic mass is 10.0. The number of carbonyl (C=O) groups excluding carboxylic acids is 1. The Labute approximate surface area is 194 Å². The number of pyridine rings is 1. The summed E-state index contributed by atoms with van der Waals surface area (Å²) >= 11 is 1.40. The van der Waals surface area contributed by atoms with Crippen molar-refractivity contribution in [1.29, 1.82) is 0 Å². The second-order valence-corrected chi connectivity index (χ2v) is 8.01. The van der Waals surface area contributed by atoms with Crippen LogP contribution in [-0.2, 0) is 16.0 Å². The van der Waals surface area contributed by atoms with Gasteiger partial charge in [-0.25, -0.2) is 9.78 Å². The van der Waals surface area contributed by atoms with Crippen molar-refractivity contribution < 1.29 is 32.6 Å². The molecular formula is C23H16F3N3O4S. The van der Waals surface area contributed by atoms with Gasteiger partial charge in [-0.1, -0.05) is 36.4 Å². The van der Waals surface area contributed by atoms with Crippen LogP contribution in [0.1, 0.15) is 5.56 Å². The first-order valence-corrected chi connectivity index (χ1v) is 10.7. The van der Waals surface area contributed by atoms with Gasteiger partial charge < -0.3 is 9.84 Å². The van der Waals surface area contributed by atoms with Gasteiger partial charge in [-0.15, -0.1) is 11.3 Å². The molecule has 0 aliphatic carbocycles. The number of anilines is 1. The van der Waals surface area contributed by atoms with Crippen LogP contribution in [0.25, 0.3) is 22.0 Å². The monoisotopic (exact) mass is 487 g/mol. The van der Waals surface area contributed by atoms with E-state index in [1.54, 1.807) is 12.4 Å². The zero-order valence-electron chi connectivity index (χ0n) is 17.2. The molecule has 174 valence electrons. The third-order valence-electron chi connectivity index (χ3n) is 4.87. The van der Waals surface area contributed by atoms with Gasteiger partial charge in [0.15, 0.2) is 11.2 Å². The highest BCUT2D eigenvalue weighted by Gasteiger charge is 2.38. The van der Waals surface area contributed by atoms with Crippen LogP contribution in [0.15, 0.2) is 66.3 Å². The van der Waals surface area contributed by atoms with Crippen molar-refractivity contribution in [2.75, 3.05) is 5.32 Å². The second-order valence-electron chi connectivity index (χ2n) is 7.15. The van der Waals surface area contributed by atoms with Crippen LogP contribution >= 0.6 is 11.3 Å². The molecule has 1 unspecified atom stereocenters. The molecule has 0 radical (unpaired) electrons. The van der Waals surface area contributed by atoms with Gasteiger partial charge in [-0.3, -0.25) is 15.1 Å². The Morgan fingerprint density at radius 3 is 2.50 bits per heavy atom. The van der Waals surface area contributed by atoms with Crippen molar-refractivity contribution in [2.45, 2.75) is 18.7 Å². The molecule has 0 bridgehead atoms. The number of carboxylic acids is 1. The lowest BCUT2D eigenvalue weighted by Gasteiger charge is -2.10. The predicted molar refractivity (Wildman–Crippen MR) is 120 cm³/mol. The Kier molecular flexibility index (Phi) is 6.46. The number of halogens is 3. The summed E-state index contributed by atoms with van der Waals surface area (Å²) in [5, 5.41) is 14.6. The number of carbonyl (C=O) groups is 2. The minimum Gasteiger partial charge on any atom is -0.479 e. The summed E-state index contributed by atoms with van der Waals surface area (Å²) in [7, 11) is 0. The second kappa shape index (κ2) is 9.48. The fourth-order valence-corrected chi connectivity index (χ4v) is 4.01. The lowest BCUT2D eigenvalue weighted by Crippen LogP contribution is -2.31. The Bertz CT molecular complexity index is 1340. The Hall–Kier alpha value is -3.99. The molecule has 1 aliphatic heterocycles. The number of fused-ring (bicyclic) bond motifs is 3. The summed E-state index contributed by atoms with van der Waals surface area (Å²) in [4.78, 5) is 30.1. The van der Waals surface area contributed by atoms with Gasteiger partial charge in [0.05, 0.1) is 5.69 Å². The number of alkyl halides is 3.